The van der Waals surface area contributed by atoms with E-state index in [2.05, 4.69) is 68.4 Å². The molecule has 44 heavy (non-hydrogen) atoms. The van der Waals surface area contributed by atoms with Gasteiger partial charge in [0.2, 0.25) is 5.88 Å². The van der Waals surface area contributed by atoms with Gasteiger partial charge in [-0.15, -0.1) is 16.4 Å². The number of rotatable bonds is 12. The van der Waals surface area contributed by atoms with Gasteiger partial charge in [0.05, 0.1) is 5.56 Å². The number of H-pyrrole nitrogens is 1. The summed E-state index contributed by atoms with van der Waals surface area (Å²) in [5.74, 6) is -0.562. The molecule has 0 aromatic carbocycles. The van der Waals surface area contributed by atoms with Gasteiger partial charge in [-0.25, -0.2) is 29.6 Å². The van der Waals surface area contributed by atoms with E-state index in [0.29, 0.717) is 36.2 Å². The van der Waals surface area contributed by atoms with Crippen LogP contribution in [-0.2, 0) is 6.18 Å². The predicted molar refractivity (Wildman–Crippen MR) is 159 cm³/mol. The molecule has 4 heterocycles. The van der Waals surface area contributed by atoms with Crippen molar-refractivity contribution in [2.24, 2.45) is 0 Å². The lowest BCUT2D eigenvalue weighted by Gasteiger charge is -2.30. The van der Waals surface area contributed by atoms with Crippen molar-refractivity contribution in [3.8, 4) is 39.0 Å². The molecule has 0 fully saturated rings. The molecule has 3 N–H and O–H groups in total. The molecule has 0 saturated heterocycles. The molecule has 4 aromatic rings. The van der Waals surface area contributed by atoms with Crippen molar-refractivity contribution < 1.29 is 27.1 Å². The smallest absolute Gasteiger partial charge is 0.434 e. The predicted octanol–water partition coefficient (Wildman–Crippen LogP) is 5.66. The first-order chi connectivity index (χ1) is 20.9. The monoisotopic (exact) mass is 634 g/mol. The van der Waals surface area contributed by atoms with Crippen LogP contribution in [0.15, 0.2) is 39.1 Å². The Labute approximate surface area is 255 Å². The molecule has 0 radical (unpaired) electrons. The summed E-state index contributed by atoms with van der Waals surface area (Å²) in [6.45, 7) is 11.5. The Hall–Kier alpha value is -4.31. The minimum Gasteiger partial charge on any atom is -0.476 e. The number of amides is 2. The van der Waals surface area contributed by atoms with E-state index in [-0.39, 0.29) is 46.9 Å². The van der Waals surface area contributed by atoms with Crippen LogP contribution in [0.4, 0.5) is 23.8 Å². The van der Waals surface area contributed by atoms with Gasteiger partial charge in [-0.1, -0.05) is 6.92 Å². The lowest BCUT2D eigenvalue weighted by molar-refractivity contribution is -0.140. The van der Waals surface area contributed by atoms with E-state index in [1.54, 1.807) is 6.07 Å². The third kappa shape index (κ3) is 7.99. The molecular formula is C28H33F3N8O4S. The highest BCUT2D eigenvalue weighted by atomic mass is 32.1. The number of urea groups is 1. The standard InChI is InChI=1S/C28H33F3N8O4S/c1-6-7-32-26(40)36-22-11-19(25-35-21(14-44-25)28(29,30)31)20(13-33-22)18-10-17(23-37-38-27(41)43-23)12-34-24(18)42-9-8-39(15(2)3)16(4)5/h10-16H,6-9H2,1-5H3,(H,38,41)(H2,32,33,36,40). The fourth-order valence-corrected chi connectivity index (χ4v) is 5.29. The summed E-state index contributed by atoms with van der Waals surface area (Å²) in [5.41, 5.74) is 0.143. The molecule has 0 aliphatic carbocycles. The van der Waals surface area contributed by atoms with E-state index in [0.717, 1.165) is 16.7 Å². The summed E-state index contributed by atoms with van der Waals surface area (Å²) in [5, 5.41) is 12.3. The summed E-state index contributed by atoms with van der Waals surface area (Å²) in [7, 11) is 0. The van der Waals surface area contributed by atoms with Crippen molar-refractivity contribution in [3.05, 3.63) is 46.2 Å². The first-order valence-electron chi connectivity index (χ1n) is 13.9. The molecule has 0 aliphatic heterocycles. The number of halogens is 3. The van der Waals surface area contributed by atoms with Crippen molar-refractivity contribution >= 4 is 23.2 Å². The third-order valence-corrected chi connectivity index (χ3v) is 7.32. The minimum atomic E-state index is -4.66. The zero-order chi connectivity index (χ0) is 32.0. The summed E-state index contributed by atoms with van der Waals surface area (Å²) in [6, 6.07) is 3.02. The second kappa shape index (κ2) is 14.0. The average Bonchev–Trinajstić information content (AvgIpc) is 3.64. The molecule has 4 rings (SSSR count). The van der Waals surface area contributed by atoms with Crippen molar-refractivity contribution in [1.29, 1.82) is 0 Å². The number of carbonyl (C=O) groups is 1. The van der Waals surface area contributed by atoms with Gasteiger partial charge in [-0.2, -0.15) is 13.2 Å². The van der Waals surface area contributed by atoms with Gasteiger partial charge in [0.1, 0.15) is 17.4 Å². The van der Waals surface area contributed by atoms with Crippen LogP contribution in [-0.4, -0.2) is 67.9 Å². The van der Waals surface area contributed by atoms with E-state index in [1.807, 2.05) is 6.92 Å². The zero-order valence-electron chi connectivity index (χ0n) is 24.8. The topological polar surface area (TPSA) is 151 Å². The number of aromatic amines is 1. The Morgan fingerprint density at radius 2 is 1.86 bits per heavy atom. The molecular weight excluding hydrogens is 601 g/mol. The van der Waals surface area contributed by atoms with Crippen LogP contribution in [0, 0.1) is 0 Å². The lowest BCUT2D eigenvalue weighted by Crippen LogP contribution is -2.39. The minimum absolute atomic E-state index is 0.0280. The SMILES string of the molecule is CCCNC(=O)Nc1cc(-c2nc(C(F)(F)F)cs2)c(-c2cc(-c3n[nH]c(=O)o3)cnc2OCCN(C(C)C)C(C)C)cn1. The van der Waals surface area contributed by atoms with Gasteiger partial charge < -0.3 is 14.5 Å². The molecule has 2 amide bonds. The van der Waals surface area contributed by atoms with E-state index in [9.17, 15) is 22.8 Å². The first-order valence-corrected chi connectivity index (χ1v) is 14.8. The fourth-order valence-electron chi connectivity index (χ4n) is 4.43. The van der Waals surface area contributed by atoms with E-state index < -0.39 is 23.7 Å². The highest BCUT2D eigenvalue weighted by Gasteiger charge is 2.34. The van der Waals surface area contributed by atoms with E-state index in [1.165, 1.54) is 18.5 Å². The molecule has 0 bridgehead atoms. The molecule has 16 heteroatoms. The van der Waals surface area contributed by atoms with Gasteiger partial charge in [-0.05, 0) is 46.2 Å². The number of hydrogen-bond donors (Lipinski definition) is 3. The van der Waals surface area contributed by atoms with Crippen molar-refractivity contribution in [2.45, 2.75) is 59.3 Å². The number of alkyl halides is 3. The molecule has 12 nitrogen and oxygen atoms in total. The number of aromatic nitrogens is 5. The van der Waals surface area contributed by atoms with Crippen LogP contribution in [0.3, 0.4) is 0 Å². The van der Waals surface area contributed by atoms with Crippen molar-refractivity contribution in [1.82, 2.24) is 35.4 Å². The average molecular weight is 635 g/mol. The molecule has 4 aromatic heterocycles. The highest BCUT2D eigenvalue weighted by molar-refractivity contribution is 7.13. The quantitative estimate of drug-likeness (QED) is 0.179. The summed E-state index contributed by atoms with van der Waals surface area (Å²) >= 11 is 0.785. The summed E-state index contributed by atoms with van der Waals surface area (Å²) < 4.78 is 51.8. The van der Waals surface area contributed by atoms with Crippen LogP contribution in [0.2, 0.25) is 0 Å². The van der Waals surface area contributed by atoms with Crippen LogP contribution in [0.1, 0.15) is 46.7 Å². The number of nitrogens with one attached hydrogen (secondary N) is 3. The van der Waals surface area contributed by atoms with Gasteiger partial charge in [0.25, 0.3) is 5.89 Å². The Morgan fingerprint density at radius 3 is 2.48 bits per heavy atom. The maximum atomic E-state index is 13.5. The Balaban J connectivity index is 1.82. The van der Waals surface area contributed by atoms with Gasteiger partial charge >= 0.3 is 18.0 Å². The number of nitrogens with zero attached hydrogens (tertiary/aromatic N) is 5. The molecule has 0 unspecified atom stereocenters. The molecule has 0 spiro atoms. The molecule has 236 valence electrons. The zero-order valence-corrected chi connectivity index (χ0v) is 25.6. The summed E-state index contributed by atoms with van der Waals surface area (Å²) in [6.07, 6.45) is -1.15. The number of anilines is 1. The van der Waals surface area contributed by atoms with Crippen LogP contribution in [0.25, 0.3) is 33.2 Å². The highest BCUT2D eigenvalue weighted by Crippen LogP contribution is 2.41. The van der Waals surface area contributed by atoms with E-state index in [4.69, 9.17) is 9.15 Å². The number of ether oxygens (including phenoxy) is 1. The number of hydrogen-bond acceptors (Lipinski definition) is 10. The van der Waals surface area contributed by atoms with Gasteiger partial charge in [-0.3, -0.25) is 10.2 Å². The maximum absolute atomic E-state index is 13.5. The van der Waals surface area contributed by atoms with Crippen molar-refractivity contribution in [2.75, 3.05) is 25.0 Å². The van der Waals surface area contributed by atoms with Gasteiger partial charge in [0.15, 0.2) is 5.69 Å². The second-order valence-electron chi connectivity index (χ2n) is 10.3. The fraction of sp³-hybridized carbons (Fsp3) is 0.429. The Morgan fingerprint density at radius 1 is 1.11 bits per heavy atom. The first kappa shape index (κ1) is 32.6. The summed E-state index contributed by atoms with van der Waals surface area (Å²) in [4.78, 5) is 38.8. The van der Waals surface area contributed by atoms with Crippen LogP contribution >= 0.6 is 11.3 Å². The van der Waals surface area contributed by atoms with Crippen LogP contribution < -0.4 is 21.1 Å². The molecule has 0 atom stereocenters. The lowest BCUT2D eigenvalue weighted by atomic mass is 10.0. The largest absolute Gasteiger partial charge is 0.476 e. The van der Waals surface area contributed by atoms with Crippen molar-refractivity contribution in [3.63, 3.8) is 0 Å². The Bertz CT molecular complexity index is 1630. The normalized spacial score (nSPS) is 11.9. The van der Waals surface area contributed by atoms with E-state index >= 15 is 0 Å². The second-order valence-corrected chi connectivity index (χ2v) is 11.2. The number of thiazole rings is 1. The van der Waals surface area contributed by atoms with Crippen LogP contribution in [0.5, 0.6) is 5.88 Å². The number of pyridine rings is 2. The van der Waals surface area contributed by atoms with Gasteiger partial charge in [0, 0.05) is 59.6 Å². The number of carbonyl (C=O) groups excluding carboxylic acids is 1. The maximum Gasteiger partial charge on any atom is 0.434 e. The molecule has 0 aliphatic rings. The Kier molecular flexibility index (Phi) is 10.4. The molecule has 0 saturated carbocycles. The third-order valence-electron chi connectivity index (χ3n) is 6.45.